The Bertz CT molecular complexity index is 473. The maximum Gasteiger partial charge on any atom is 0.337 e. The molecule has 2 unspecified atom stereocenters. The highest BCUT2D eigenvalue weighted by Gasteiger charge is 2.32. The lowest BCUT2D eigenvalue weighted by Crippen LogP contribution is -2.31. The maximum atomic E-state index is 11.6. The molecule has 1 aromatic carbocycles. The molecule has 96 valence electrons. The second kappa shape index (κ2) is 5.08. The quantitative estimate of drug-likeness (QED) is 0.764. The van der Waals surface area contributed by atoms with Crippen molar-refractivity contribution < 1.29 is 14.7 Å². The van der Waals surface area contributed by atoms with Gasteiger partial charge in [-0.2, -0.15) is 0 Å². The van der Waals surface area contributed by atoms with Gasteiger partial charge in [-0.3, -0.25) is 0 Å². The van der Waals surface area contributed by atoms with Crippen molar-refractivity contribution in [3.8, 4) is 0 Å². The van der Waals surface area contributed by atoms with Gasteiger partial charge in [-0.25, -0.2) is 9.59 Å². The first-order valence-electron chi connectivity index (χ1n) is 5.95. The molecule has 0 radical (unpaired) electrons. The Morgan fingerprint density at radius 1 is 1.39 bits per heavy atom. The molecule has 1 aromatic rings. The number of benzene rings is 1. The highest BCUT2D eigenvalue weighted by atomic mass is 16.4. The Hall–Kier alpha value is -2.04. The number of para-hydroxylation sites is 1. The SMILES string of the molecule is CC1CC1CNC(=O)Nc1ccccc1C(=O)O. The van der Waals surface area contributed by atoms with E-state index in [9.17, 15) is 9.59 Å². The molecule has 0 aromatic heterocycles. The zero-order valence-corrected chi connectivity index (χ0v) is 10.1. The molecule has 2 atom stereocenters. The van der Waals surface area contributed by atoms with Crippen LogP contribution in [0.5, 0.6) is 0 Å². The Balaban J connectivity index is 1.92. The highest BCUT2D eigenvalue weighted by Crippen LogP contribution is 2.36. The Morgan fingerprint density at radius 3 is 2.67 bits per heavy atom. The van der Waals surface area contributed by atoms with E-state index in [0.29, 0.717) is 24.1 Å². The molecule has 0 saturated heterocycles. The summed E-state index contributed by atoms with van der Waals surface area (Å²) in [5.74, 6) is 0.184. The zero-order chi connectivity index (χ0) is 13.1. The minimum absolute atomic E-state index is 0.0902. The standard InChI is InChI=1S/C13H16N2O3/c1-8-6-9(8)7-14-13(18)15-11-5-3-2-4-10(11)12(16)17/h2-5,8-9H,6-7H2,1H3,(H,16,17)(H2,14,15,18). The first kappa shape index (κ1) is 12.4. The number of carboxylic acid groups (broad SMARTS) is 1. The molecule has 1 aliphatic carbocycles. The van der Waals surface area contributed by atoms with Crippen LogP contribution in [0.1, 0.15) is 23.7 Å². The first-order chi connectivity index (χ1) is 8.58. The molecule has 1 fully saturated rings. The number of carboxylic acids is 1. The molecule has 2 amide bonds. The minimum Gasteiger partial charge on any atom is -0.478 e. The number of hydrogen-bond donors (Lipinski definition) is 3. The van der Waals surface area contributed by atoms with Gasteiger partial charge in [0, 0.05) is 6.54 Å². The number of hydrogen-bond acceptors (Lipinski definition) is 2. The van der Waals surface area contributed by atoms with Crippen molar-refractivity contribution in [2.75, 3.05) is 11.9 Å². The van der Waals surface area contributed by atoms with Crippen LogP contribution in [0.2, 0.25) is 0 Å². The van der Waals surface area contributed by atoms with Crippen molar-refractivity contribution in [1.82, 2.24) is 5.32 Å². The number of carbonyl (C=O) groups excluding carboxylic acids is 1. The average molecular weight is 248 g/mol. The van der Waals surface area contributed by atoms with E-state index in [1.54, 1.807) is 18.2 Å². The summed E-state index contributed by atoms with van der Waals surface area (Å²) in [6.07, 6.45) is 1.14. The number of carbonyl (C=O) groups is 2. The molecule has 5 heteroatoms. The van der Waals surface area contributed by atoms with Crippen molar-refractivity contribution in [2.45, 2.75) is 13.3 Å². The predicted octanol–water partition coefficient (Wildman–Crippen LogP) is 2.16. The fourth-order valence-corrected chi connectivity index (χ4v) is 1.85. The number of aromatic carboxylic acids is 1. The van der Waals surface area contributed by atoms with Crippen LogP contribution in [0.4, 0.5) is 10.5 Å². The summed E-state index contributed by atoms with van der Waals surface area (Å²) >= 11 is 0. The van der Waals surface area contributed by atoms with Crippen LogP contribution in [0.15, 0.2) is 24.3 Å². The van der Waals surface area contributed by atoms with E-state index in [1.165, 1.54) is 6.07 Å². The molecule has 18 heavy (non-hydrogen) atoms. The second-order valence-corrected chi connectivity index (χ2v) is 4.66. The summed E-state index contributed by atoms with van der Waals surface area (Å²) < 4.78 is 0. The van der Waals surface area contributed by atoms with Crippen molar-refractivity contribution in [3.05, 3.63) is 29.8 Å². The molecule has 0 aliphatic heterocycles. The van der Waals surface area contributed by atoms with Gasteiger partial charge in [-0.1, -0.05) is 19.1 Å². The smallest absolute Gasteiger partial charge is 0.337 e. The third-order valence-corrected chi connectivity index (χ3v) is 3.21. The van der Waals surface area contributed by atoms with E-state index >= 15 is 0 Å². The van der Waals surface area contributed by atoms with Gasteiger partial charge in [0.2, 0.25) is 0 Å². The van der Waals surface area contributed by atoms with E-state index in [0.717, 1.165) is 6.42 Å². The van der Waals surface area contributed by atoms with Crippen LogP contribution in [0.3, 0.4) is 0 Å². The summed E-state index contributed by atoms with van der Waals surface area (Å²) in [4.78, 5) is 22.6. The number of nitrogens with one attached hydrogen (secondary N) is 2. The van der Waals surface area contributed by atoms with E-state index in [1.807, 2.05) is 0 Å². The third kappa shape index (κ3) is 3.00. The topological polar surface area (TPSA) is 78.4 Å². The number of anilines is 1. The number of amides is 2. The van der Waals surface area contributed by atoms with Gasteiger partial charge in [-0.15, -0.1) is 0 Å². The van der Waals surface area contributed by atoms with E-state index in [4.69, 9.17) is 5.11 Å². The second-order valence-electron chi connectivity index (χ2n) is 4.66. The van der Waals surface area contributed by atoms with E-state index < -0.39 is 5.97 Å². The average Bonchev–Trinajstić information content (AvgIpc) is 3.03. The molecule has 0 spiro atoms. The lowest BCUT2D eigenvalue weighted by molar-refractivity contribution is 0.0698. The lowest BCUT2D eigenvalue weighted by Gasteiger charge is -2.09. The van der Waals surface area contributed by atoms with Crippen LogP contribution >= 0.6 is 0 Å². The summed E-state index contributed by atoms with van der Waals surface area (Å²) in [6, 6.07) is 5.98. The van der Waals surface area contributed by atoms with Crippen molar-refractivity contribution in [3.63, 3.8) is 0 Å². The van der Waals surface area contributed by atoms with Gasteiger partial charge in [0.15, 0.2) is 0 Å². The Kier molecular flexibility index (Phi) is 3.50. The van der Waals surface area contributed by atoms with Crippen LogP contribution in [0.25, 0.3) is 0 Å². The monoisotopic (exact) mass is 248 g/mol. The van der Waals surface area contributed by atoms with E-state index in [-0.39, 0.29) is 11.6 Å². The molecular weight excluding hydrogens is 232 g/mol. The summed E-state index contributed by atoms with van der Waals surface area (Å²) in [6.45, 7) is 2.78. The van der Waals surface area contributed by atoms with Crippen LogP contribution in [0, 0.1) is 11.8 Å². The van der Waals surface area contributed by atoms with Gasteiger partial charge < -0.3 is 15.7 Å². The minimum atomic E-state index is -1.05. The van der Waals surface area contributed by atoms with E-state index in [2.05, 4.69) is 17.6 Å². The molecule has 1 aliphatic rings. The molecule has 5 nitrogen and oxygen atoms in total. The van der Waals surface area contributed by atoms with Crippen LogP contribution in [-0.2, 0) is 0 Å². The van der Waals surface area contributed by atoms with Gasteiger partial charge in [-0.05, 0) is 30.4 Å². The van der Waals surface area contributed by atoms with Crippen molar-refractivity contribution in [2.24, 2.45) is 11.8 Å². The number of urea groups is 1. The normalized spacial score (nSPS) is 21.2. The van der Waals surface area contributed by atoms with Gasteiger partial charge >= 0.3 is 12.0 Å². The molecule has 3 N–H and O–H groups in total. The summed E-state index contributed by atoms with van der Waals surface area (Å²) in [5, 5.41) is 14.3. The van der Waals surface area contributed by atoms with Crippen molar-refractivity contribution >= 4 is 17.7 Å². The van der Waals surface area contributed by atoms with Crippen LogP contribution in [-0.4, -0.2) is 23.7 Å². The molecular formula is C13H16N2O3. The Labute approximate surface area is 105 Å². The fourth-order valence-electron chi connectivity index (χ4n) is 1.85. The zero-order valence-electron chi connectivity index (χ0n) is 10.1. The molecule has 1 saturated carbocycles. The lowest BCUT2D eigenvalue weighted by atomic mass is 10.2. The first-order valence-corrected chi connectivity index (χ1v) is 5.95. The van der Waals surface area contributed by atoms with Gasteiger partial charge in [0.05, 0.1) is 11.3 Å². The summed E-state index contributed by atoms with van der Waals surface area (Å²) in [5.41, 5.74) is 0.402. The highest BCUT2D eigenvalue weighted by molar-refractivity contribution is 5.99. The van der Waals surface area contributed by atoms with Crippen molar-refractivity contribution in [1.29, 1.82) is 0 Å². The molecule has 0 heterocycles. The van der Waals surface area contributed by atoms with Crippen LogP contribution < -0.4 is 10.6 Å². The van der Waals surface area contributed by atoms with Gasteiger partial charge in [0.25, 0.3) is 0 Å². The largest absolute Gasteiger partial charge is 0.478 e. The Morgan fingerprint density at radius 2 is 2.06 bits per heavy atom. The molecule has 2 rings (SSSR count). The third-order valence-electron chi connectivity index (χ3n) is 3.21. The predicted molar refractivity (Wildman–Crippen MR) is 67.7 cm³/mol. The van der Waals surface area contributed by atoms with Gasteiger partial charge in [0.1, 0.15) is 0 Å². The fraction of sp³-hybridized carbons (Fsp3) is 0.385. The molecule has 0 bridgehead atoms. The maximum absolute atomic E-state index is 11.6. The summed E-state index contributed by atoms with van der Waals surface area (Å²) in [7, 11) is 0. The number of rotatable bonds is 4.